The molecule has 104 valence electrons. The molecule has 0 saturated carbocycles. The monoisotopic (exact) mass is 265 g/mol. The van der Waals surface area contributed by atoms with Gasteiger partial charge in [0.2, 0.25) is 0 Å². The van der Waals surface area contributed by atoms with Crippen LogP contribution in [0.1, 0.15) is 45.1 Å². The first-order chi connectivity index (χ1) is 9.04. The normalized spacial score (nSPS) is 17.1. The molecule has 2 rings (SSSR count). The van der Waals surface area contributed by atoms with Crippen molar-refractivity contribution in [2.24, 2.45) is 0 Å². The number of halogens is 1. The highest BCUT2D eigenvalue weighted by molar-refractivity contribution is 5.91. The number of carbonyl (C=O) groups excluding carboxylic acids is 1. The van der Waals surface area contributed by atoms with E-state index in [-0.39, 0.29) is 11.9 Å². The van der Waals surface area contributed by atoms with E-state index < -0.39 is 5.60 Å². The first kappa shape index (κ1) is 13.8. The number of rotatable bonds is 4. The van der Waals surface area contributed by atoms with Gasteiger partial charge in [-0.3, -0.25) is 4.90 Å². The van der Waals surface area contributed by atoms with Crippen molar-refractivity contribution in [1.29, 1.82) is 0 Å². The average molecular weight is 265 g/mol. The fraction of sp³-hybridized carbons (Fsp3) is 0.533. The number of hydrogen-bond acceptors (Lipinski definition) is 2. The lowest BCUT2D eigenvalue weighted by Gasteiger charge is -2.41. The smallest absolute Gasteiger partial charge is 0.414 e. The number of fused-ring (bicyclic) bond motifs is 1. The van der Waals surface area contributed by atoms with E-state index >= 15 is 0 Å². The van der Waals surface area contributed by atoms with E-state index in [0.29, 0.717) is 0 Å². The Morgan fingerprint density at radius 1 is 1.26 bits per heavy atom. The Morgan fingerprint density at radius 3 is 2.47 bits per heavy atom. The van der Waals surface area contributed by atoms with Gasteiger partial charge >= 0.3 is 6.09 Å². The maximum Gasteiger partial charge on any atom is 0.414 e. The quantitative estimate of drug-likeness (QED) is 0.816. The van der Waals surface area contributed by atoms with Crippen LogP contribution >= 0.6 is 0 Å². The predicted molar refractivity (Wildman–Crippen MR) is 72.8 cm³/mol. The first-order valence-corrected chi connectivity index (χ1v) is 6.81. The van der Waals surface area contributed by atoms with Crippen LogP contribution < -0.4 is 4.90 Å². The molecule has 4 heteroatoms. The lowest BCUT2D eigenvalue weighted by atomic mass is 9.83. The number of carbonyl (C=O) groups is 1. The summed E-state index contributed by atoms with van der Waals surface area (Å²) in [5.74, 6) is -0.290. The molecule has 1 amide bonds. The number of benzene rings is 1. The van der Waals surface area contributed by atoms with Crippen LogP contribution in [-0.4, -0.2) is 13.1 Å². The molecule has 0 unspecified atom stereocenters. The topological polar surface area (TPSA) is 29.5 Å². The molecule has 0 spiro atoms. The highest BCUT2D eigenvalue weighted by Gasteiger charge is 2.42. The summed E-state index contributed by atoms with van der Waals surface area (Å²) < 4.78 is 19.3. The Balaban J connectivity index is 2.59. The molecule has 1 aromatic rings. The van der Waals surface area contributed by atoms with Crippen molar-refractivity contribution in [3.05, 3.63) is 29.6 Å². The molecule has 0 bridgehead atoms. The fourth-order valence-electron chi connectivity index (χ4n) is 2.86. The zero-order chi connectivity index (χ0) is 14.0. The summed E-state index contributed by atoms with van der Waals surface area (Å²) in [7, 11) is 1.65. The maximum absolute atomic E-state index is 13.6. The molecule has 0 fully saturated rings. The zero-order valence-electron chi connectivity index (χ0n) is 11.7. The van der Waals surface area contributed by atoms with Crippen LogP contribution in [0.15, 0.2) is 18.2 Å². The van der Waals surface area contributed by atoms with Gasteiger partial charge in [-0.05, 0) is 31.0 Å². The molecule has 0 atom stereocenters. The van der Waals surface area contributed by atoms with E-state index in [1.165, 1.54) is 17.0 Å². The third kappa shape index (κ3) is 2.31. The van der Waals surface area contributed by atoms with E-state index in [4.69, 9.17) is 4.74 Å². The molecular formula is C15H20FNO2. The van der Waals surface area contributed by atoms with Gasteiger partial charge in [-0.25, -0.2) is 9.18 Å². The van der Waals surface area contributed by atoms with E-state index in [0.717, 1.165) is 36.9 Å². The van der Waals surface area contributed by atoms with Gasteiger partial charge in [-0.1, -0.05) is 26.7 Å². The Morgan fingerprint density at radius 2 is 1.89 bits per heavy atom. The van der Waals surface area contributed by atoms with Crippen LogP contribution in [0.2, 0.25) is 0 Å². The number of cyclic esters (lactones) is 1. The van der Waals surface area contributed by atoms with Crippen LogP contribution in [0.25, 0.3) is 0 Å². The van der Waals surface area contributed by atoms with Crippen molar-refractivity contribution < 1.29 is 13.9 Å². The second kappa shape index (κ2) is 5.19. The number of anilines is 1. The molecule has 1 aliphatic heterocycles. The molecule has 0 saturated heterocycles. The number of hydrogen-bond donors (Lipinski definition) is 0. The third-order valence-electron chi connectivity index (χ3n) is 3.68. The standard InChI is InChI=1S/C15H20FNO2/c1-4-8-15(9-5-2)12-10-11(16)6-7-13(12)17(3)14(18)19-15/h6-7,10H,4-5,8-9H2,1-3H3. The van der Waals surface area contributed by atoms with Gasteiger partial charge < -0.3 is 4.74 Å². The molecule has 0 radical (unpaired) electrons. The second-order valence-electron chi connectivity index (χ2n) is 5.08. The summed E-state index contributed by atoms with van der Waals surface area (Å²) in [6, 6.07) is 4.55. The first-order valence-electron chi connectivity index (χ1n) is 6.81. The van der Waals surface area contributed by atoms with Gasteiger partial charge in [0.05, 0.1) is 5.69 Å². The van der Waals surface area contributed by atoms with Gasteiger partial charge in [0.15, 0.2) is 0 Å². The lowest BCUT2D eigenvalue weighted by molar-refractivity contribution is -0.00897. The summed E-state index contributed by atoms with van der Waals surface area (Å²) in [5, 5.41) is 0. The van der Waals surface area contributed by atoms with Gasteiger partial charge in [0.25, 0.3) is 0 Å². The molecule has 1 heterocycles. The maximum atomic E-state index is 13.6. The Kier molecular flexibility index (Phi) is 3.78. The van der Waals surface area contributed by atoms with Crippen LogP contribution in [-0.2, 0) is 10.3 Å². The number of amides is 1. The molecule has 3 nitrogen and oxygen atoms in total. The average Bonchev–Trinajstić information content (AvgIpc) is 2.37. The van der Waals surface area contributed by atoms with Crippen molar-refractivity contribution in [3.63, 3.8) is 0 Å². The number of ether oxygens (including phenoxy) is 1. The number of nitrogens with zero attached hydrogens (tertiary/aromatic N) is 1. The SMILES string of the molecule is CCCC1(CCC)OC(=O)N(C)c2ccc(F)cc21. The van der Waals surface area contributed by atoms with Gasteiger partial charge in [-0.15, -0.1) is 0 Å². The summed E-state index contributed by atoms with van der Waals surface area (Å²) in [4.78, 5) is 13.5. The van der Waals surface area contributed by atoms with E-state index in [9.17, 15) is 9.18 Å². The van der Waals surface area contributed by atoms with E-state index in [1.54, 1.807) is 13.1 Å². The highest BCUT2D eigenvalue weighted by Crippen LogP contribution is 2.44. The summed E-state index contributed by atoms with van der Waals surface area (Å²) in [5.41, 5.74) is 0.864. The summed E-state index contributed by atoms with van der Waals surface area (Å²) >= 11 is 0. The molecule has 0 N–H and O–H groups in total. The van der Waals surface area contributed by atoms with E-state index in [2.05, 4.69) is 0 Å². The third-order valence-corrected chi connectivity index (χ3v) is 3.68. The Bertz CT molecular complexity index is 481. The summed E-state index contributed by atoms with van der Waals surface area (Å²) in [6.07, 6.45) is 2.84. The molecule has 1 aromatic carbocycles. The fourth-order valence-corrected chi connectivity index (χ4v) is 2.86. The largest absolute Gasteiger partial charge is 0.438 e. The van der Waals surface area contributed by atoms with Crippen molar-refractivity contribution in [2.75, 3.05) is 11.9 Å². The zero-order valence-corrected chi connectivity index (χ0v) is 11.7. The molecular weight excluding hydrogens is 245 g/mol. The van der Waals surface area contributed by atoms with Crippen molar-refractivity contribution in [2.45, 2.75) is 45.1 Å². The van der Waals surface area contributed by atoms with Gasteiger partial charge in [0, 0.05) is 12.6 Å². The van der Waals surface area contributed by atoms with Crippen LogP contribution in [0, 0.1) is 5.82 Å². The van der Waals surface area contributed by atoms with Crippen LogP contribution in [0.4, 0.5) is 14.9 Å². The minimum absolute atomic E-state index is 0.290. The van der Waals surface area contributed by atoms with Gasteiger partial charge in [0.1, 0.15) is 11.4 Å². The summed E-state index contributed by atoms with van der Waals surface area (Å²) in [6.45, 7) is 4.09. The van der Waals surface area contributed by atoms with Crippen LogP contribution in [0.5, 0.6) is 0 Å². The van der Waals surface area contributed by atoms with Crippen molar-refractivity contribution in [1.82, 2.24) is 0 Å². The van der Waals surface area contributed by atoms with Crippen molar-refractivity contribution >= 4 is 11.8 Å². The lowest BCUT2D eigenvalue weighted by Crippen LogP contribution is -2.44. The van der Waals surface area contributed by atoms with Crippen LogP contribution in [0.3, 0.4) is 0 Å². The molecule has 1 aliphatic rings. The van der Waals surface area contributed by atoms with Crippen molar-refractivity contribution in [3.8, 4) is 0 Å². The Hall–Kier alpha value is -1.58. The van der Waals surface area contributed by atoms with Gasteiger partial charge in [-0.2, -0.15) is 0 Å². The minimum Gasteiger partial charge on any atom is -0.438 e. The second-order valence-corrected chi connectivity index (χ2v) is 5.08. The van der Waals surface area contributed by atoms with E-state index in [1.807, 2.05) is 13.8 Å². The molecule has 0 aromatic heterocycles. The molecule has 19 heavy (non-hydrogen) atoms. The highest BCUT2D eigenvalue weighted by atomic mass is 19.1. The predicted octanol–water partition coefficient (Wildman–Crippen LogP) is 4.21. The molecule has 0 aliphatic carbocycles. The Labute approximate surface area is 113 Å². The minimum atomic E-state index is -0.676.